The number of hydrogen-bond donors (Lipinski definition) is 4. The van der Waals surface area contributed by atoms with Gasteiger partial charge in [-0.15, -0.1) is 0 Å². The Morgan fingerprint density at radius 3 is 2.62 bits per heavy atom. The van der Waals surface area contributed by atoms with E-state index in [4.69, 9.17) is 5.73 Å². The molecule has 2 aromatic heterocycles. The quantitative estimate of drug-likeness (QED) is 0.439. The Kier molecular flexibility index (Phi) is 6.60. The number of nitrogens with one attached hydrogen (secondary N) is 3. The standard InChI is InChI=1S/C23H27N9O2/c1-3-16-17-11-15(7-8-19(17)32(21(25)33)18(16)4-2)27-20-14(12-24)13-26-22(28-20)29-23(34)30-31-9-5-6-10-31/h7-8,11,13H,3-6,9-10H2,1-2H3,(H2,25,33)(H3,26,27,28,29,30,34). The zero-order valence-electron chi connectivity index (χ0n) is 19.2. The van der Waals surface area contributed by atoms with Gasteiger partial charge in [0.2, 0.25) is 5.95 Å². The number of nitriles is 1. The van der Waals surface area contributed by atoms with Gasteiger partial charge in [0.15, 0.2) is 5.82 Å². The molecule has 0 atom stereocenters. The number of anilines is 3. The van der Waals surface area contributed by atoms with Crippen LogP contribution >= 0.6 is 0 Å². The van der Waals surface area contributed by atoms with Gasteiger partial charge in [0.05, 0.1) is 11.7 Å². The van der Waals surface area contributed by atoms with Crippen LogP contribution < -0.4 is 21.8 Å². The number of aryl methyl sites for hydroxylation is 1. The molecule has 1 saturated heterocycles. The first-order valence-electron chi connectivity index (χ1n) is 11.3. The Morgan fingerprint density at radius 2 is 1.97 bits per heavy atom. The Morgan fingerprint density at radius 1 is 1.21 bits per heavy atom. The van der Waals surface area contributed by atoms with Crippen LogP contribution in [0.1, 0.15) is 43.5 Å². The van der Waals surface area contributed by atoms with Gasteiger partial charge in [0, 0.05) is 29.9 Å². The lowest BCUT2D eigenvalue weighted by Gasteiger charge is -2.16. The summed E-state index contributed by atoms with van der Waals surface area (Å²) in [4.78, 5) is 32.7. The van der Waals surface area contributed by atoms with Crippen LogP contribution in [0.15, 0.2) is 24.4 Å². The van der Waals surface area contributed by atoms with Crippen molar-refractivity contribution in [1.82, 2.24) is 25.0 Å². The number of rotatable bonds is 6. The minimum atomic E-state index is -0.521. The summed E-state index contributed by atoms with van der Waals surface area (Å²) in [7, 11) is 0. The molecule has 5 N–H and O–H groups in total. The summed E-state index contributed by atoms with van der Waals surface area (Å²) in [6.07, 6.45) is 4.83. The van der Waals surface area contributed by atoms with Gasteiger partial charge < -0.3 is 11.1 Å². The molecule has 1 aromatic carbocycles. The molecule has 3 aromatic rings. The van der Waals surface area contributed by atoms with E-state index in [0.717, 1.165) is 54.5 Å². The maximum Gasteiger partial charge on any atom is 0.336 e. The largest absolute Gasteiger partial charge is 0.351 e. The number of carbonyl (C=O) groups excluding carboxylic acids is 2. The highest BCUT2D eigenvalue weighted by Gasteiger charge is 2.19. The molecule has 11 heteroatoms. The topological polar surface area (TPSA) is 154 Å². The van der Waals surface area contributed by atoms with Gasteiger partial charge >= 0.3 is 12.1 Å². The fourth-order valence-corrected chi connectivity index (χ4v) is 4.36. The van der Waals surface area contributed by atoms with E-state index in [0.29, 0.717) is 12.1 Å². The zero-order valence-corrected chi connectivity index (χ0v) is 19.2. The Bertz CT molecular complexity index is 1290. The van der Waals surface area contributed by atoms with Crippen molar-refractivity contribution in [2.45, 2.75) is 39.5 Å². The molecule has 1 aliphatic heterocycles. The van der Waals surface area contributed by atoms with E-state index in [1.807, 2.05) is 31.0 Å². The minimum Gasteiger partial charge on any atom is -0.351 e. The van der Waals surface area contributed by atoms with Crippen molar-refractivity contribution in [3.8, 4) is 6.07 Å². The van der Waals surface area contributed by atoms with Gasteiger partial charge in [-0.1, -0.05) is 13.8 Å². The number of fused-ring (bicyclic) bond motifs is 1. The van der Waals surface area contributed by atoms with Gasteiger partial charge in [-0.2, -0.15) is 10.2 Å². The van der Waals surface area contributed by atoms with Crippen LogP contribution in [0, 0.1) is 11.3 Å². The first-order chi connectivity index (χ1) is 16.4. The normalized spacial score (nSPS) is 13.6. The average molecular weight is 462 g/mol. The molecular formula is C23H27N9O2. The number of primary amides is 1. The van der Waals surface area contributed by atoms with Crippen LogP contribution in [0.4, 0.5) is 27.0 Å². The summed E-state index contributed by atoms with van der Waals surface area (Å²) >= 11 is 0. The SMILES string of the molecule is CCc1c(CC)n(C(N)=O)c2ccc(Nc3nc(NC(=O)NN4CCCC4)ncc3C#N)cc12. The minimum absolute atomic E-state index is 0.0710. The van der Waals surface area contributed by atoms with E-state index in [1.165, 1.54) is 6.20 Å². The number of benzene rings is 1. The third-order valence-corrected chi connectivity index (χ3v) is 5.85. The average Bonchev–Trinajstić information content (AvgIpc) is 3.43. The van der Waals surface area contributed by atoms with Gasteiger partial charge in [-0.05, 0) is 49.4 Å². The molecule has 0 spiro atoms. The van der Waals surface area contributed by atoms with Crippen LogP contribution in [0.3, 0.4) is 0 Å². The van der Waals surface area contributed by atoms with Crippen molar-refractivity contribution in [3.63, 3.8) is 0 Å². The third kappa shape index (κ3) is 4.49. The van der Waals surface area contributed by atoms with Gasteiger partial charge in [-0.3, -0.25) is 15.3 Å². The summed E-state index contributed by atoms with van der Waals surface area (Å²) in [5.41, 5.74) is 12.0. The maximum absolute atomic E-state index is 12.3. The molecule has 3 amide bonds. The van der Waals surface area contributed by atoms with Crippen LogP contribution in [-0.4, -0.2) is 44.7 Å². The second kappa shape index (κ2) is 9.76. The molecule has 34 heavy (non-hydrogen) atoms. The lowest BCUT2D eigenvalue weighted by Crippen LogP contribution is -2.42. The molecule has 0 radical (unpaired) electrons. The van der Waals surface area contributed by atoms with E-state index in [2.05, 4.69) is 32.1 Å². The maximum atomic E-state index is 12.3. The second-order valence-electron chi connectivity index (χ2n) is 7.99. The van der Waals surface area contributed by atoms with Gasteiger partial charge in [-0.25, -0.2) is 19.6 Å². The van der Waals surface area contributed by atoms with Crippen LogP contribution in [0.5, 0.6) is 0 Å². The van der Waals surface area contributed by atoms with E-state index < -0.39 is 12.1 Å². The van der Waals surface area contributed by atoms with Crippen molar-refractivity contribution >= 4 is 40.4 Å². The number of amides is 3. The first-order valence-corrected chi connectivity index (χ1v) is 11.3. The highest BCUT2D eigenvalue weighted by atomic mass is 16.2. The predicted octanol–water partition coefficient (Wildman–Crippen LogP) is 3.23. The molecule has 1 aliphatic rings. The van der Waals surface area contributed by atoms with Crippen LogP contribution in [0.25, 0.3) is 10.9 Å². The zero-order chi connectivity index (χ0) is 24.2. The Hall–Kier alpha value is -4.17. The molecule has 1 fully saturated rings. The molecule has 176 valence electrons. The molecule has 0 unspecified atom stereocenters. The molecule has 4 rings (SSSR count). The summed E-state index contributed by atoms with van der Waals surface area (Å²) in [5, 5.41) is 18.0. The number of carbonyl (C=O) groups is 2. The van der Waals surface area contributed by atoms with Crippen molar-refractivity contribution < 1.29 is 9.59 Å². The molecule has 0 saturated carbocycles. The fraction of sp³-hybridized carbons (Fsp3) is 0.348. The Balaban J connectivity index is 1.63. The highest BCUT2D eigenvalue weighted by Crippen LogP contribution is 2.31. The van der Waals surface area contributed by atoms with E-state index >= 15 is 0 Å². The smallest absolute Gasteiger partial charge is 0.336 e. The molecule has 3 heterocycles. The number of nitrogens with two attached hydrogens (primary N) is 1. The lowest BCUT2D eigenvalue weighted by atomic mass is 10.1. The fourth-order valence-electron chi connectivity index (χ4n) is 4.36. The third-order valence-electron chi connectivity index (χ3n) is 5.85. The van der Waals surface area contributed by atoms with Crippen molar-refractivity contribution in [2.75, 3.05) is 23.7 Å². The summed E-state index contributed by atoms with van der Waals surface area (Å²) in [5.74, 6) is 0.332. The van der Waals surface area contributed by atoms with Crippen molar-refractivity contribution in [1.29, 1.82) is 5.26 Å². The molecular weight excluding hydrogens is 434 g/mol. The predicted molar refractivity (Wildman–Crippen MR) is 129 cm³/mol. The first kappa shape index (κ1) is 23.0. The summed E-state index contributed by atoms with van der Waals surface area (Å²) in [6.45, 7) is 5.62. The number of aromatic nitrogens is 3. The van der Waals surface area contributed by atoms with Gasteiger partial charge in [0.1, 0.15) is 11.6 Å². The van der Waals surface area contributed by atoms with Crippen molar-refractivity contribution in [2.24, 2.45) is 5.73 Å². The molecule has 0 bridgehead atoms. The lowest BCUT2D eigenvalue weighted by molar-refractivity contribution is 0.209. The van der Waals surface area contributed by atoms with E-state index in [9.17, 15) is 14.9 Å². The van der Waals surface area contributed by atoms with Crippen LogP contribution in [0.2, 0.25) is 0 Å². The summed E-state index contributed by atoms with van der Waals surface area (Å²) < 4.78 is 1.55. The van der Waals surface area contributed by atoms with E-state index in [1.54, 1.807) is 10.6 Å². The van der Waals surface area contributed by atoms with Crippen LogP contribution in [-0.2, 0) is 12.8 Å². The molecule has 0 aliphatic carbocycles. The Labute approximate surface area is 196 Å². The second-order valence-corrected chi connectivity index (χ2v) is 7.99. The number of hydrazine groups is 1. The van der Waals surface area contributed by atoms with E-state index in [-0.39, 0.29) is 17.3 Å². The monoisotopic (exact) mass is 461 g/mol. The summed E-state index contributed by atoms with van der Waals surface area (Å²) in [6, 6.07) is 6.61. The number of hydrogen-bond acceptors (Lipinski definition) is 7. The van der Waals surface area contributed by atoms with Crippen molar-refractivity contribution in [3.05, 3.63) is 41.2 Å². The number of urea groups is 1. The highest BCUT2D eigenvalue weighted by molar-refractivity contribution is 5.96. The number of nitrogens with zero attached hydrogens (tertiary/aromatic N) is 5. The molecule has 11 nitrogen and oxygen atoms in total. The van der Waals surface area contributed by atoms with Gasteiger partial charge in [0.25, 0.3) is 0 Å².